The molecule has 19 heavy (non-hydrogen) atoms. The van der Waals surface area contributed by atoms with Crippen molar-refractivity contribution < 1.29 is 19.5 Å². The Labute approximate surface area is 116 Å². The molecule has 2 unspecified atom stereocenters. The van der Waals surface area contributed by atoms with Crippen molar-refractivity contribution in [3.05, 3.63) is 0 Å². The SMILES string of the molecule is CSC1CCCC1NC(=O)NC(=O)CCCC(=O)O. The first-order valence-corrected chi connectivity index (χ1v) is 7.66. The van der Waals surface area contributed by atoms with Crippen molar-refractivity contribution in [2.75, 3.05) is 6.26 Å². The lowest BCUT2D eigenvalue weighted by molar-refractivity contribution is -0.137. The van der Waals surface area contributed by atoms with Crippen LogP contribution in [-0.2, 0) is 9.59 Å². The van der Waals surface area contributed by atoms with Gasteiger partial charge in [0.15, 0.2) is 0 Å². The maximum Gasteiger partial charge on any atom is 0.321 e. The van der Waals surface area contributed by atoms with Crippen LogP contribution in [0.2, 0.25) is 0 Å². The smallest absolute Gasteiger partial charge is 0.321 e. The van der Waals surface area contributed by atoms with Crippen molar-refractivity contribution in [3.63, 3.8) is 0 Å². The third-order valence-corrected chi connectivity index (χ3v) is 4.29. The monoisotopic (exact) mass is 288 g/mol. The second kappa shape index (κ2) is 8.04. The Morgan fingerprint density at radius 3 is 2.63 bits per heavy atom. The van der Waals surface area contributed by atoms with Crippen molar-refractivity contribution in [3.8, 4) is 0 Å². The molecule has 0 heterocycles. The number of nitrogens with one attached hydrogen (secondary N) is 2. The summed E-state index contributed by atoms with van der Waals surface area (Å²) in [5.41, 5.74) is 0. The second-order valence-electron chi connectivity index (χ2n) is 4.58. The van der Waals surface area contributed by atoms with Crippen LogP contribution in [0.25, 0.3) is 0 Å². The van der Waals surface area contributed by atoms with E-state index in [2.05, 4.69) is 10.6 Å². The number of carboxylic acids is 1. The molecule has 0 aromatic carbocycles. The van der Waals surface area contributed by atoms with Gasteiger partial charge in [0.1, 0.15) is 0 Å². The van der Waals surface area contributed by atoms with Gasteiger partial charge in [0.2, 0.25) is 5.91 Å². The van der Waals surface area contributed by atoms with Gasteiger partial charge in [-0.3, -0.25) is 14.9 Å². The molecule has 0 radical (unpaired) electrons. The summed E-state index contributed by atoms with van der Waals surface area (Å²) < 4.78 is 0. The van der Waals surface area contributed by atoms with Gasteiger partial charge < -0.3 is 10.4 Å². The number of hydrogen-bond donors (Lipinski definition) is 3. The fraction of sp³-hybridized carbons (Fsp3) is 0.750. The Kier molecular flexibility index (Phi) is 6.69. The number of aliphatic carboxylic acids is 1. The summed E-state index contributed by atoms with van der Waals surface area (Å²) in [7, 11) is 0. The molecule has 0 saturated heterocycles. The minimum absolute atomic E-state index is 0.0519. The highest BCUT2D eigenvalue weighted by Gasteiger charge is 2.27. The van der Waals surface area contributed by atoms with E-state index in [9.17, 15) is 14.4 Å². The van der Waals surface area contributed by atoms with Crippen LogP contribution in [0.15, 0.2) is 0 Å². The van der Waals surface area contributed by atoms with Crippen LogP contribution >= 0.6 is 11.8 Å². The molecule has 6 nitrogen and oxygen atoms in total. The first-order valence-electron chi connectivity index (χ1n) is 6.38. The van der Waals surface area contributed by atoms with E-state index >= 15 is 0 Å². The summed E-state index contributed by atoms with van der Waals surface area (Å²) in [6.07, 6.45) is 5.35. The van der Waals surface area contributed by atoms with Crippen LogP contribution in [0.5, 0.6) is 0 Å². The zero-order chi connectivity index (χ0) is 14.3. The maximum absolute atomic E-state index is 11.6. The van der Waals surface area contributed by atoms with Crippen LogP contribution < -0.4 is 10.6 Å². The number of thioether (sulfide) groups is 1. The lowest BCUT2D eigenvalue weighted by Crippen LogP contribution is -2.46. The number of carboxylic acid groups (broad SMARTS) is 1. The third-order valence-electron chi connectivity index (χ3n) is 3.12. The van der Waals surface area contributed by atoms with E-state index in [4.69, 9.17) is 5.11 Å². The highest BCUT2D eigenvalue weighted by molar-refractivity contribution is 7.99. The van der Waals surface area contributed by atoms with E-state index in [1.54, 1.807) is 11.8 Å². The molecular formula is C12H20N2O4S. The molecule has 1 saturated carbocycles. The minimum Gasteiger partial charge on any atom is -0.481 e. The molecule has 1 aliphatic rings. The van der Waals surface area contributed by atoms with Crippen LogP contribution in [-0.4, -0.2) is 40.6 Å². The van der Waals surface area contributed by atoms with Crippen LogP contribution in [0.3, 0.4) is 0 Å². The molecular weight excluding hydrogens is 268 g/mol. The summed E-state index contributed by atoms with van der Waals surface area (Å²) >= 11 is 1.73. The Morgan fingerprint density at radius 2 is 2.00 bits per heavy atom. The predicted octanol–water partition coefficient (Wildman–Crippen LogP) is 1.35. The van der Waals surface area contributed by atoms with Crippen LogP contribution in [0, 0.1) is 0 Å². The Balaban J connectivity index is 2.23. The minimum atomic E-state index is -0.939. The first-order chi connectivity index (χ1) is 9.02. The van der Waals surface area contributed by atoms with Gasteiger partial charge in [0.05, 0.1) is 0 Å². The predicted molar refractivity (Wildman–Crippen MR) is 73.1 cm³/mol. The molecule has 0 spiro atoms. The summed E-state index contributed by atoms with van der Waals surface area (Å²) in [6.45, 7) is 0. The zero-order valence-electron chi connectivity index (χ0n) is 11.0. The molecule has 108 valence electrons. The van der Waals surface area contributed by atoms with Gasteiger partial charge in [-0.15, -0.1) is 0 Å². The third kappa shape index (κ3) is 5.96. The molecule has 7 heteroatoms. The maximum atomic E-state index is 11.6. The highest BCUT2D eigenvalue weighted by Crippen LogP contribution is 2.28. The van der Waals surface area contributed by atoms with Gasteiger partial charge >= 0.3 is 12.0 Å². The Hall–Kier alpha value is -1.24. The van der Waals surface area contributed by atoms with Gasteiger partial charge in [-0.2, -0.15) is 11.8 Å². The fourth-order valence-electron chi connectivity index (χ4n) is 2.17. The summed E-state index contributed by atoms with van der Waals surface area (Å²) in [5, 5.41) is 13.9. The molecule has 3 amide bonds. The first kappa shape index (κ1) is 15.8. The summed E-state index contributed by atoms with van der Waals surface area (Å²) in [6, 6.07) is -0.368. The van der Waals surface area contributed by atoms with E-state index in [0.717, 1.165) is 19.3 Å². The van der Waals surface area contributed by atoms with Gasteiger partial charge in [-0.1, -0.05) is 6.42 Å². The van der Waals surface area contributed by atoms with Gasteiger partial charge in [-0.25, -0.2) is 4.79 Å². The van der Waals surface area contributed by atoms with E-state index in [0.29, 0.717) is 5.25 Å². The fourth-order valence-corrected chi connectivity index (χ4v) is 3.10. The number of hydrogen-bond acceptors (Lipinski definition) is 4. The Bertz CT molecular complexity index is 349. The summed E-state index contributed by atoms with van der Waals surface area (Å²) in [5.74, 6) is -1.37. The quantitative estimate of drug-likeness (QED) is 0.685. The molecule has 2 atom stereocenters. The lowest BCUT2D eigenvalue weighted by atomic mass is 10.2. The topological polar surface area (TPSA) is 95.5 Å². The second-order valence-corrected chi connectivity index (χ2v) is 5.66. The lowest BCUT2D eigenvalue weighted by Gasteiger charge is -2.19. The Morgan fingerprint density at radius 1 is 1.26 bits per heavy atom. The number of rotatable bonds is 6. The van der Waals surface area contributed by atoms with Crippen molar-refractivity contribution in [1.29, 1.82) is 0 Å². The van der Waals surface area contributed by atoms with Crippen molar-refractivity contribution in [2.45, 2.75) is 49.8 Å². The largest absolute Gasteiger partial charge is 0.481 e. The standard InChI is InChI=1S/C12H20N2O4S/c1-19-9-5-2-4-8(9)13-12(18)14-10(15)6-3-7-11(16)17/h8-9H,2-7H2,1H3,(H,16,17)(H2,13,14,15,18). The molecule has 0 bridgehead atoms. The van der Waals surface area contributed by atoms with E-state index in [-0.39, 0.29) is 25.3 Å². The average Bonchev–Trinajstić information content (AvgIpc) is 2.75. The molecule has 0 aliphatic heterocycles. The number of amides is 3. The number of imide groups is 1. The molecule has 1 fully saturated rings. The number of carbonyl (C=O) groups is 3. The van der Waals surface area contributed by atoms with Crippen LogP contribution in [0.4, 0.5) is 4.79 Å². The van der Waals surface area contributed by atoms with E-state index in [1.165, 1.54) is 0 Å². The molecule has 0 aromatic rings. The summed E-state index contributed by atoms with van der Waals surface area (Å²) in [4.78, 5) is 33.3. The van der Waals surface area contributed by atoms with Crippen molar-refractivity contribution in [1.82, 2.24) is 10.6 Å². The van der Waals surface area contributed by atoms with Gasteiger partial charge in [0.25, 0.3) is 0 Å². The zero-order valence-corrected chi connectivity index (χ0v) is 11.8. The number of carbonyl (C=O) groups excluding carboxylic acids is 2. The molecule has 3 N–H and O–H groups in total. The van der Waals surface area contributed by atoms with Crippen LogP contribution in [0.1, 0.15) is 38.5 Å². The average molecular weight is 288 g/mol. The van der Waals surface area contributed by atoms with Gasteiger partial charge in [-0.05, 0) is 25.5 Å². The normalized spacial score (nSPS) is 21.9. The van der Waals surface area contributed by atoms with E-state index in [1.807, 2.05) is 6.26 Å². The van der Waals surface area contributed by atoms with Gasteiger partial charge in [0, 0.05) is 24.1 Å². The molecule has 0 aromatic heterocycles. The van der Waals surface area contributed by atoms with E-state index < -0.39 is 17.9 Å². The molecule has 1 rings (SSSR count). The van der Waals surface area contributed by atoms with Crippen molar-refractivity contribution in [2.24, 2.45) is 0 Å². The van der Waals surface area contributed by atoms with Crippen molar-refractivity contribution >= 4 is 29.7 Å². The molecule has 1 aliphatic carbocycles. The number of urea groups is 1. The highest BCUT2D eigenvalue weighted by atomic mass is 32.2.